The largest absolute Gasteiger partial charge is 0.480 e. The van der Waals surface area contributed by atoms with Gasteiger partial charge in [-0.05, 0) is 67.0 Å². The van der Waals surface area contributed by atoms with Crippen LogP contribution >= 0.6 is 11.3 Å². The number of carboxylic acid groups (broad SMARTS) is 1. The summed E-state index contributed by atoms with van der Waals surface area (Å²) in [6, 6.07) is 14.2. The fourth-order valence-corrected chi connectivity index (χ4v) is 7.75. The third-order valence-corrected chi connectivity index (χ3v) is 9.46. The van der Waals surface area contributed by atoms with Crippen LogP contribution in [0.4, 0.5) is 5.69 Å². The van der Waals surface area contributed by atoms with Crippen molar-refractivity contribution >= 4 is 49.0 Å². The number of benzene rings is 2. The van der Waals surface area contributed by atoms with Crippen LogP contribution in [0.3, 0.4) is 0 Å². The molecule has 3 atom stereocenters. The van der Waals surface area contributed by atoms with Crippen LogP contribution < -0.4 is 5.32 Å². The summed E-state index contributed by atoms with van der Waals surface area (Å²) in [5.74, 6) is -1.26. The Morgan fingerprint density at radius 1 is 1.06 bits per heavy atom. The highest BCUT2D eigenvalue weighted by Crippen LogP contribution is 2.44. The van der Waals surface area contributed by atoms with Crippen LogP contribution in [0.25, 0.3) is 10.1 Å². The predicted molar refractivity (Wildman–Crippen MR) is 122 cm³/mol. The highest BCUT2D eigenvalue weighted by atomic mass is 32.2. The lowest BCUT2D eigenvalue weighted by Crippen LogP contribution is -2.44. The average molecular weight is 471 g/mol. The van der Waals surface area contributed by atoms with Gasteiger partial charge in [-0.1, -0.05) is 24.6 Å². The van der Waals surface area contributed by atoms with Crippen molar-refractivity contribution in [1.29, 1.82) is 0 Å². The first-order valence-corrected chi connectivity index (χ1v) is 12.8. The van der Waals surface area contributed by atoms with E-state index in [-0.39, 0.29) is 22.8 Å². The Labute approximate surface area is 189 Å². The maximum atomic E-state index is 13.3. The third kappa shape index (κ3) is 3.60. The zero-order valence-corrected chi connectivity index (χ0v) is 18.7. The Balaban J connectivity index is 1.36. The van der Waals surface area contributed by atoms with Crippen molar-refractivity contribution < 1.29 is 23.1 Å². The number of nitrogens with one attached hydrogen (secondary N) is 1. The summed E-state index contributed by atoms with van der Waals surface area (Å²) in [6.45, 7) is 0. The standard InChI is InChI=1S/C23H22N2O5S2/c26-22(21-13-15-4-1-2-7-20(15)31-21)24-16-8-10-17(11-9-16)32(29,30)25-18-6-3-5-14(18)12-19(25)23(27)28/h1-2,4,7-11,13-14,18-19H,3,5-6,12H2,(H,24,26)(H,27,28)/t14-,18-,19?/m1/s1. The number of sulfonamides is 1. The predicted octanol–water partition coefficient (Wildman–Crippen LogP) is 4.17. The van der Waals surface area contributed by atoms with Crippen molar-refractivity contribution in [2.45, 2.75) is 42.7 Å². The number of hydrogen-bond acceptors (Lipinski definition) is 5. The second-order valence-corrected chi connectivity index (χ2v) is 11.2. The smallest absolute Gasteiger partial charge is 0.322 e. The van der Waals surface area contributed by atoms with E-state index < -0.39 is 22.0 Å². The van der Waals surface area contributed by atoms with Gasteiger partial charge in [-0.2, -0.15) is 4.31 Å². The van der Waals surface area contributed by atoms with E-state index in [9.17, 15) is 23.1 Å². The van der Waals surface area contributed by atoms with Crippen LogP contribution in [0.1, 0.15) is 35.4 Å². The molecule has 1 aromatic heterocycles. The van der Waals surface area contributed by atoms with E-state index in [2.05, 4.69) is 5.32 Å². The summed E-state index contributed by atoms with van der Waals surface area (Å²) in [5, 5.41) is 13.4. The molecule has 0 radical (unpaired) electrons. The van der Waals surface area contributed by atoms with Gasteiger partial charge < -0.3 is 10.4 Å². The van der Waals surface area contributed by atoms with Crippen LogP contribution in [0.15, 0.2) is 59.5 Å². The fourth-order valence-electron chi connectivity index (χ4n) is 4.92. The van der Waals surface area contributed by atoms with Gasteiger partial charge in [-0.25, -0.2) is 8.42 Å². The molecule has 0 spiro atoms. The molecular weight excluding hydrogens is 448 g/mol. The first-order chi connectivity index (χ1) is 15.3. The Morgan fingerprint density at radius 3 is 2.53 bits per heavy atom. The van der Waals surface area contributed by atoms with Gasteiger partial charge in [0, 0.05) is 16.4 Å². The van der Waals surface area contributed by atoms with E-state index in [0.29, 0.717) is 23.4 Å². The Morgan fingerprint density at radius 2 is 1.81 bits per heavy atom. The molecule has 2 aliphatic rings. The van der Waals surface area contributed by atoms with Gasteiger partial charge in [0.1, 0.15) is 6.04 Å². The maximum absolute atomic E-state index is 13.3. The molecule has 2 heterocycles. The monoisotopic (exact) mass is 470 g/mol. The lowest BCUT2D eigenvalue weighted by molar-refractivity contribution is -0.141. The van der Waals surface area contributed by atoms with Crippen LogP contribution in [-0.4, -0.2) is 41.8 Å². The number of fused-ring (bicyclic) bond motifs is 2. The van der Waals surface area contributed by atoms with Gasteiger partial charge >= 0.3 is 5.97 Å². The summed E-state index contributed by atoms with van der Waals surface area (Å²) < 4.78 is 28.9. The number of aliphatic carboxylic acids is 1. The quantitative estimate of drug-likeness (QED) is 0.582. The number of carboxylic acids is 1. The lowest BCUT2D eigenvalue weighted by atomic mass is 10.0. The minimum atomic E-state index is -3.96. The molecule has 2 fully saturated rings. The highest BCUT2D eigenvalue weighted by molar-refractivity contribution is 7.89. The van der Waals surface area contributed by atoms with Crippen LogP contribution in [0.2, 0.25) is 0 Å². The fraction of sp³-hybridized carbons (Fsp3) is 0.304. The number of amides is 1. The van der Waals surface area contributed by atoms with Crippen molar-refractivity contribution in [3.63, 3.8) is 0 Å². The summed E-state index contributed by atoms with van der Waals surface area (Å²) in [5.41, 5.74) is 0.473. The highest BCUT2D eigenvalue weighted by Gasteiger charge is 2.52. The van der Waals surface area contributed by atoms with Gasteiger partial charge in [0.2, 0.25) is 10.0 Å². The van der Waals surface area contributed by atoms with Crippen molar-refractivity contribution in [3.8, 4) is 0 Å². The zero-order chi connectivity index (χ0) is 22.5. The number of nitrogens with zero attached hydrogens (tertiary/aromatic N) is 1. The van der Waals surface area contributed by atoms with Crippen LogP contribution in [-0.2, 0) is 14.8 Å². The molecule has 2 aromatic carbocycles. The third-order valence-electron chi connectivity index (χ3n) is 6.40. The zero-order valence-electron chi connectivity index (χ0n) is 17.1. The van der Waals surface area contributed by atoms with E-state index in [1.54, 1.807) is 0 Å². The molecule has 1 saturated heterocycles. The molecular formula is C23H22N2O5S2. The molecule has 3 aromatic rings. The molecule has 1 aliphatic carbocycles. The number of carbonyl (C=O) groups excluding carboxylic acids is 1. The number of thiophene rings is 1. The number of carbonyl (C=O) groups is 2. The summed E-state index contributed by atoms with van der Waals surface area (Å²) in [7, 11) is -3.96. The van der Waals surface area contributed by atoms with Crippen LogP contribution in [0.5, 0.6) is 0 Å². The molecule has 9 heteroatoms. The van der Waals surface area contributed by atoms with E-state index >= 15 is 0 Å². The maximum Gasteiger partial charge on any atom is 0.322 e. The second kappa shape index (κ2) is 7.99. The number of hydrogen-bond donors (Lipinski definition) is 2. The minimum absolute atomic E-state index is 0.0381. The second-order valence-electron chi connectivity index (χ2n) is 8.31. The van der Waals surface area contributed by atoms with Crippen LogP contribution in [0, 0.1) is 5.92 Å². The van der Waals surface area contributed by atoms with Gasteiger partial charge in [-0.3, -0.25) is 9.59 Å². The molecule has 166 valence electrons. The van der Waals surface area contributed by atoms with Gasteiger partial charge in [0.05, 0.1) is 9.77 Å². The minimum Gasteiger partial charge on any atom is -0.480 e. The molecule has 1 aliphatic heterocycles. The topological polar surface area (TPSA) is 104 Å². The Kier molecular flexibility index (Phi) is 5.27. The molecule has 5 rings (SSSR count). The number of anilines is 1. The first-order valence-electron chi connectivity index (χ1n) is 10.5. The van der Waals surface area contributed by atoms with E-state index in [0.717, 1.165) is 22.9 Å². The average Bonchev–Trinajstić information content (AvgIpc) is 3.47. The molecule has 1 unspecified atom stereocenters. The van der Waals surface area contributed by atoms with Crippen molar-refractivity contribution in [2.24, 2.45) is 5.92 Å². The molecule has 7 nitrogen and oxygen atoms in total. The molecule has 0 bridgehead atoms. The SMILES string of the molecule is O=C(Nc1ccc(S(=O)(=O)N2C(C(=O)O)C[C@H]3CCC[C@H]32)cc1)c1cc2ccccc2s1. The molecule has 32 heavy (non-hydrogen) atoms. The molecule has 2 N–H and O–H groups in total. The van der Waals surface area contributed by atoms with Crippen molar-refractivity contribution in [2.75, 3.05) is 5.32 Å². The molecule has 1 amide bonds. The lowest BCUT2D eigenvalue weighted by Gasteiger charge is -2.26. The van der Waals surface area contributed by atoms with Crippen molar-refractivity contribution in [1.82, 2.24) is 4.31 Å². The molecule has 1 saturated carbocycles. The summed E-state index contributed by atoms with van der Waals surface area (Å²) in [4.78, 5) is 25.0. The number of rotatable bonds is 5. The van der Waals surface area contributed by atoms with E-state index in [1.165, 1.54) is 39.9 Å². The van der Waals surface area contributed by atoms with Crippen molar-refractivity contribution in [3.05, 3.63) is 59.5 Å². The van der Waals surface area contributed by atoms with E-state index in [4.69, 9.17) is 0 Å². The Hall–Kier alpha value is -2.75. The van der Waals surface area contributed by atoms with E-state index in [1.807, 2.05) is 30.3 Å². The van der Waals surface area contributed by atoms with Gasteiger partial charge in [0.15, 0.2) is 0 Å². The van der Waals surface area contributed by atoms with Gasteiger partial charge in [-0.15, -0.1) is 11.3 Å². The first kappa shape index (κ1) is 21.1. The van der Waals surface area contributed by atoms with Gasteiger partial charge in [0.25, 0.3) is 5.91 Å². The summed E-state index contributed by atoms with van der Waals surface area (Å²) in [6.07, 6.45) is 2.83. The summed E-state index contributed by atoms with van der Waals surface area (Å²) >= 11 is 1.39. The Bertz CT molecular complexity index is 1270. The normalized spacial score (nSPS) is 23.3.